The standard InChI is InChI=1S/C8H9NO4/c9-3-7(13)8-5(11)1-4(10)2-6(8)12/h1-2,10-12H,3,9H2. The molecule has 5 nitrogen and oxygen atoms in total. The molecule has 0 unspecified atom stereocenters. The van der Waals surface area contributed by atoms with Crippen LogP contribution in [0, 0.1) is 0 Å². The normalized spacial score (nSPS) is 9.92. The molecule has 1 rings (SSSR count). The Labute approximate surface area is 74.0 Å². The fraction of sp³-hybridized carbons (Fsp3) is 0.125. The van der Waals surface area contributed by atoms with Gasteiger partial charge in [-0.15, -0.1) is 0 Å². The molecule has 13 heavy (non-hydrogen) atoms. The van der Waals surface area contributed by atoms with E-state index in [1.165, 1.54) is 0 Å². The fourth-order valence-electron chi connectivity index (χ4n) is 0.985. The zero-order chi connectivity index (χ0) is 10.0. The van der Waals surface area contributed by atoms with Crippen LogP contribution in [0.5, 0.6) is 17.2 Å². The summed E-state index contributed by atoms with van der Waals surface area (Å²) in [7, 11) is 0. The molecule has 70 valence electrons. The molecule has 0 spiro atoms. The summed E-state index contributed by atoms with van der Waals surface area (Å²) in [5.74, 6) is -1.86. The lowest BCUT2D eigenvalue weighted by Crippen LogP contribution is -2.13. The molecule has 0 saturated heterocycles. The number of aromatic hydroxyl groups is 3. The number of hydrogen-bond acceptors (Lipinski definition) is 5. The van der Waals surface area contributed by atoms with E-state index in [1.54, 1.807) is 0 Å². The molecule has 0 aliphatic carbocycles. The van der Waals surface area contributed by atoms with Crippen molar-refractivity contribution in [3.63, 3.8) is 0 Å². The number of phenolic OH excluding ortho intramolecular Hbond substituents is 3. The van der Waals surface area contributed by atoms with Crippen molar-refractivity contribution < 1.29 is 20.1 Å². The maximum absolute atomic E-state index is 11.0. The number of phenols is 3. The van der Waals surface area contributed by atoms with Crippen molar-refractivity contribution in [3.05, 3.63) is 17.7 Å². The average Bonchev–Trinajstić information content (AvgIpc) is 2.02. The van der Waals surface area contributed by atoms with Crippen LogP contribution in [-0.4, -0.2) is 27.6 Å². The van der Waals surface area contributed by atoms with Gasteiger partial charge in [0, 0.05) is 12.1 Å². The first-order valence-electron chi connectivity index (χ1n) is 3.54. The number of carbonyl (C=O) groups excluding carboxylic acids is 1. The third kappa shape index (κ3) is 1.70. The number of Topliss-reactive ketones (excluding diaryl/α,β-unsaturated/α-hetero) is 1. The highest BCUT2D eigenvalue weighted by molar-refractivity contribution is 6.02. The Kier molecular flexibility index (Phi) is 2.39. The van der Waals surface area contributed by atoms with Gasteiger partial charge in [0.05, 0.1) is 6.54 Å². The molecule has 5 heteroatoms. The van der Waals surface area contributed by atoms with Gasteiger partial charge in [-0.3, -0.25) is 4.79 Å². The van der Waals surface area contributed by atoms with Gasteiger partial charge >= 0.3 is 0 Å². The Morgan fingerprint density at radius 3 is 2.08 bits per heavy atom. The lowest BCUT2D eigenvalue weighted by Gasteiger charge is -2.05. The maximum atomic E-state index is 11.0. The molecule has 0 bridgehead atoms. The Balaban J connectivity index is 3.28. The highest BCUT2D eigenvalue weighted by Crippen LogP contribution is 2.31. The lowest BCUT2D eigenvalue weighted by molar-refractivity contribution is 0.0996. The number of carbonyl (C=O) groups is 1. The van der Waals surface area contributed by atoms with Crippen LogP contribution in [0.4, 0.5) is 0 Å². The van der Waals surface area contributed by atoms with Crippen molar-refractivity contribution in [2.45, 2.75) is 0 Å². The molecule has 0 radical (unpaired) electrons. The van der Waals surface area contributed by atoms with Gasteiger partial charge in [0.2, 0.25) is 0 Å². The van der Waals surface area contributed by atoms with E-state index in [0.29, 0.717) is 0 Å². The van der Waals surface area contributed by atoms with Gasteiger partial charge < -0.3 is 21.1 Å². The summed E-state index contributed by atoms with van der Waals surface area (Å²) in [5, 5.41) is 27.3. The molecule has 0 fully saturated rings. The van der Waals surface area contributed by atoms with Crippen LogP contribution >= 0.6 is 0 Å². The molecule has 0 atom stereocenters. The van der Waals surface area contributed by atoms with Crippen LogP contribution in [0.1, 0.15) is 10.4 Å². The first kappa shape index (κ1) is 9.34. The monoisotopic (exact) mass is 183 g/mol. The van der Waals surface area contributed by atoms with E-state index in [1.807, 2.05) is 0 Å². The van der Waals surface area contributed by atoms with Crippen LogP contribution in [0.25, 0.3) is 0 Å². The maximum Gasteiger partial charge on any atom is 0.183 e. The van der Waals surface area contributed by atoms with E-state index in [0.717, 1.165) is 12.1 Å². The zero-order valence-corrected chi connectivity index (χ0v) is 6.69. The Bertz CT molecular complexity index is 325. The second-order valence-electron chi connectivity index (χ2n) is 2.49. The van der Waals surface area contributed by atoms with Gasteiger partial charge in [-0.2, -0.15) is 0 Å². The summed E-state index contributed by atoms with van der Waals surface area (Å²) in [5.41, 5.74) is 4.78. The summed E-state index contributed by atoms with van der Waals surface area (Å²) in [4.78, 5) is 11.0. The molecule has 0 aromatic heterocycles. The zero-order valence-electron chi connectivity index (χ0n) is 6.69. The minimum Gasteiger partial charge on any atom is -0.508 e. The minimum absolute atomic E-state index is 0.264. The van der Waals surface area contributed by atoms with Crippen molar-refractivity contribution >= 4 is 5.78 Å². The van der Waals surface area contributed by atoms with Gasteiger partial charge in [0.25, 0.3) is 0 Å². The summed E-state index contributed by atoms with van der Waals surface area (Å²) in [6.45, 7) is -0.314. The third-order valence-corrected chi connectivity index (χ3v) is 1.55. The third-order valence-electron chi connectivity index (χ3n) is 1.55. The molecular formula is C8H9NO4. The van der Waals surface area contributed by atoms with Crippen LogP contribution in [0.2, 0.25) is 0 Å². The SMILES string of the molecule is NCC(=O)c1c(O)cc(O)cc1O. The molecule has 1 aromatic carbocycles. The van der Waals surface area contributed by atoms with Crippen molar-refractivity contribution in [1.29, 1.82) is 0 Å². The van der Waals surface area contributed by atoms with E-state index in [4.69, 9.17) is 10.8 Å². The Hall–Kier alpha value is -1.75. The van der Waals surface area contributed by atoms with Gasteiger partial charge in [-0.25, -0.2) is 0 Å². The van der Waals surface area contributed by atoms with Gasteiger partial charge in [-0.05, 0) is 0 Å². The molecular weight excluding hydrogens is 174 g/mol. The van der Waals surface area contributed by atoms with Crippen LogP contribution in [-0.2, 0) is 0 Å². The van der Waals surface area contributed by atoms with E-state index < -0.39 is 17.3 Å². The van der Waals surface area contributed by atoms with E-state index in [2.05, 4.69) is 0 Å². The number of hydrogen-bond donors (Lipinski definition) is 4. The average molecular weight is 183 g/mol. The Morgan fingerprint density at radius 1 is 1.23 bits per heavy atom. The lowest BCUT2D eigenvalue weighted by atomic mass is 10.1. The summed E-state index contributed by atoms with van der Waals surface area (Å²) in [6.07, 6.45) is 0. The minimum atomic E-state index is -0.588. The highest BCUT2D eigenvalue weighted by Gasteiger charge is 2.15. The molecule has 5 N–H and O–H groups in total. The topological polar surface area (TPSA) is 104 Å². The summed E-state index contributed by atoms with van der Waals surface area (Å²) in [6, 6.07) is 1.92. The predicted molar refractivity (Wildman–Crippen MR) is 44.8 cm³/mol. The van der Waals surface area contributed by atoms with E-state index in [9.17, 15) is 15.0 Å². The molecule has 0 saturated carbocycles. The van der Waals surface area contributed by atoms with Gasteiger partial charge in [-0.1, -0.05) is 0 Å². The number of rotatable bonds is 2. The largest absolute Gasteiger partial charge is 0.508 e. The molecule has 0 heterocycles. The van der Waals surface area contributed by atoms with Crippen molar-refractivity contribution in [1.82, 2.24) is 0 Å². The van der Waals surface area contributed by atoms with Gasteiger partial charge in [0.1, 0.15) is 22.8 Å². The fourth-order valence-corrected chi connectivity index (χ4v) is 0.985. The summed E-state index contributed by atoms with van der Waals surface area (Å²) >= 11 is 0. The smallest absolute Gasteiger partial charge is 0.183 e. The number of benzene rings is 1. The highest BCUT2D eigenvalue weighted by atomic mass is 16.3. The summed E-state index contributed by atoms with van der Waals surface area (Å²) < 4.78 is 0. The van der Waals surface area contributed by atoms with E-state index >= 15 is 0 Å². The molecule has 0 aliphatic rings. The van der Waals surface area contributed by atoms with Crippen LogP contribution < -0.4 is 5.73 Å². The van der Waals surface area contributed by atoms with Crippen molar-refractivity contribution in [2.75, 3.05) is 6.54 Å². The number of ketones is 1. The van der Waals surface area contributed by atoms with Crippen molar-refractivity contribution in [2.24, 2.45) is 5.73 Å². The van der Waals surface area contributed by atoms with Gasteiger partial charge in [0.15, 0.2) is 5.78 Å². The molecule has 0 aliphatic heterocycles. The molecule has 1 aromatic rings. The molecule has 0 amide bonds. The Morgan fingerprint density at radius 2 is 1.69 bits per heavy atom. The van der Waals surface area contributed by atoms with Crippen LogP contribution in [0.3, 0.4) is 0 Å². The number of nitrogens with two attached hydrogens (primary N) is 1. The first-order chi connectivity index (χ1) is 6.06. The first-order valence-corrected chi connectivity index (χ1v) is 3.54. The quantitative estimate of drug-likeness (QED) is 0.481. The second-order valence-corrected chi connectivity index (χ2v) is 2.49. The van der Waals surface area contributed by atoms with E-state index in [-0.39, 0.29) is 17.9 Å². The second kappa shape index (κ2) is 3.32. The van der Waals surface area contributed by atoms with Crippen LogP contribution in [0.15, 0.2) is 12.1 Å². The predicted octanol–water partition coefficient (Wildman–Crippen LogP) is -0.0552. The van der Waals surface area contributed by atoms with Crippen molar-refractivity contribution in [3.8, 4) is 17.2 Å².